The van der Waals surface area contributed by atoms with Crippen LogP contribution < -0.4 is 5.73 Å². The van der Waals surface area contributed by atoms with Gasteiger partial charge < -0.3 is 15.5 Å². The molecule has 1 aliphatic carbocycles. The molecule has 1 aromatic rings. The Balaban J connectivity index is 1.81. The first-order valence-electron chi connectivity index (χ1n) is 9.39. The van der Waals surface area contributed by atoms with Gasteiger partial charge in [0.05, 0.1) is 6.61 Å². The Morgan fingerprint density at radius 2 is 1.88 bits per heavy atom. The summed E-state index contributed by atoms with van der Waals surface area (Å²) in [5.41, 5.74) is 8.25. The van der Waals surface area contributed by atoms with Crippen molar-refractivity contribution in [2.24, 2.45) is 5.73 Å². The van der Waals surface area contributed by atoms with E-state index in [4.69, 9.17) is 15.5 Å². The van der Waals surface area contributed by atoms with E-state index in [1.54, 1.807) is 0 Å². The summed E-state index contributed by atoms with van der Waals surface area (Å²) in [5.74, 6) is 0.337. The summed E-state index contributed by atoms with van der Waals surface area (Å²) in [4.78, 5) is 17.7. The summed E-state index contributed by atoms with van der Waals surface area (Å²) in [6.07, 6.45) is 9.95. The van der Waals surface area contributed by atoms with E-state index < -0.39 is 13.4 Å². The van der Waals surface area contributed by atoms with Crippen LogP contribution in [0, 0.1) is 0 Å². The quantitative estimate of drug-likeness (QED) is 0.423. The van der Waals surface area contributed by atoms with Crippen LogP contribution >= 0.6 is 7.82 Å². The molecule has 0 spiro atoms. The number of phosphoric ester groups is 1. The van der Waals surface area contributed by atoms with Crippen molar-refractivity contribution < 1.29 is 18.9 Å². The van der Waals surface area contributed by atoms with Crippen molar-refractivity contribution in [3.63, 3.8) is 0 Å². The van der Waals surface area contributed by atoms with Crippen LogP contribution in [0.5, 0.6) is 0 Å². The lowest BCUT2D eigenvalue weighted by Gasteiger charge is -2.24. The fraction of sp³-hybridized carbons (Fsp3) is 0.684. The predicted octanol–water partition coefficient (Wildman–Crippen LogP) is 4.27. The summed E-state index contributed by atoms with van der Waals surface area (Å²) in [7, 11) is -4.46. The zero-order valence-electron chi connectivity index (χ0n) is 15.2. The topological polar surface area (TPSA) is 92.8 Å². The number of rotatable bonds is 10. The molecule has 0 aromatic heterocycles. The van der Waals surface area contributed by atoms with Crippen molar-refractivity contribution in [1.82, 2.24) is 0 Å². The van der Waals surface area contributed by atoms with Crippen LogP contribution in [0.25, 0.3) is 0 Å². The Morgan fingerprint density at radius 1 is 1.20 bits per heavy atom. The summed E-state index contributed by atoms with van der Waals surface area (Å²) >= 11 is 0. The fourth-order valence-corrected chi connectivity index (χ4v) is 4.10. The molecule has 142 valence electrons. The summed E-state index contributed by atoms with van der Waals surface area (Å²) in [6, 6.07) is 8.78. The van der Waals surface area contributed by atoms with Crippen molar-refractivity contribution in [2.75, 3.05) is 6.61 Å². The van der Waals surface area contributed by atoms with Crippen LogP contribution in [0.15, 0.2) is 24.3 Å². The minimum Gasteiger partial charge on any atom is -0.323 e. The molecule has 6 heteroatoms. The van der Waals surface area contributed by atoms with E-state index in [0.29, 0.717) is 12.3 Å². The highest BCUT2D eigenvalue weighted by Gasteiger charge is 2.38. The number of benzene rings is 1. The summed E-state index contributed by atoms with van der Waals surface area (Å²) in [6.45, 7) is 2.14. The molecule has 1 aromatic carbocycles. The molecule has 1 fully saturated rings. The van der Waals surface area contributed by atoms with Crippen molar-refractivity contribution in [3.8, 4) is 0 Å². The average molecular weight is 369 g/mol. The van der Waals surface area contributed by atoms with Crippen LogP contribution in [0.4, 0.5) is 0 Å². The van der Waals surface area contributed by atoms with Gasteiger partial charge in [-0.3, -0.25) is 4.52 Å². The standard InChI is InChI=1S/C19H32NO4P/c1-2-3-4-5-6-7-16-8-10-17(11-9-16)18-12-13-19(20,14-18)15-24-25(21,22)23/h8-11,18H,2-7,12-15,20H2,1H3,(H2,21,22,23)/t18-,19+/m0/s1. The Labute approximate surface area is 151 Å². The minimum atomic E-state index is -4.46. The van der Waals surface area contributed by atoms with E-state index in [-0.39, 0.29) is 6.61 Å². The van der Waals surface area contributed by atoms with Gasteiger partial charge in [0.25, 0.3) is 0 Å². The van der Waals surface area contributed by atoms with Gasteiger partial charge in [0.15, 0.2) is 0 Å². The Morgan fingerprint density at radius 3 is 2.52 bits per heavy atom. The lowest BCUT2D eigenvalue weighted by Crippen LogP contribution is -2.41. The van der Waals surface area contributed by atoms with Crippen LogP contribution in [0.1, 0.15) is 75.3 Å². The van der Waals surface area contributed by atoms with E-state index in [0.717, 1.165) is 19.3 Å². The molecule has 25 heavy (non-hydrogen) atoms. The molecule has 5 nitrogen and oxygen atoms in total. The van der Waals surface area contributed by atoms with Crippen molar-refractivity contribution in [2.45, 2.75) is 76.2 Å². The van der Waals surface area contributed by atoms with Gasteiger partial charge in [-0.05, 0) is 49.1 Å². The number of hydrogen-bond donors (Lipinski definition) is 3. The zero-order chi connectivity index (χ0) is 18.3. The molecule has 0 saturated heterocycles. The smallest absolute Gasteiger partial charge is 0.323 e. The van der Waals surface area contributed by atoms with Crippen molar-refractivity contribution >= 4 is 7.82 Å². The third-order valence-corrected chi connectivity index (χ3v) is 5.65. The molecule has 0 heterocycles. The second kappa shape index (κ2) is 9.29. The maximum atomic E-state index is 10.9. The first kappa shape index (κ1) is 20.6. The highest BCUT2D eigenvalue weighted by atomic mass is 31.2. The second-order valence-corrected chi connectivity index (χ2v) is 8.71. The molecule has 0 unspecified atom stereocenters. The Hall–Kier alpha value is -0.710. The molecule has 0 radical (unpaired) electrons. The van der Waals surface area contributed by atoms with E-state index in [1.165, 1.54) is 43.2 Å². The molecule has 2 rings (SSSR count). The molecule has 0 amide bonds. The summed E-state index contributed by atoms with van der Waals surface area (Å²) in [5, 5.41) is 0. The third-order valence-electron chi connectivity index (χ3n) is 5.18. The van der Waals surface area contributed by atoms with Gasteiger partial charge in [0, 0.05) is 5.54 Å². The average Bonchev–Trinajstić information content (AvgIpc) is 2.96. The van der Waals surface area contributed by atoms with Crippen LogP contribution in [-0.4, -0.2) is 21.9 Å². The number of aryl methyl sites for hydroxylation is 1. The van der Waals surface area contributed by atoms with Crippen LogP contribution in [0.3, 0.4) is 0 Å². The van der Waals surface area contributed by atoms with Gasteiger partial charge >= 0.3 is 7.82 Å². The van der Waals surface area contributed by atoms with E-state index in [1.807, 2.05) is 0 Å². The first-order valence-corrected chi connectivity index (χ1v) is 10.9. The van der Waals surface area contributed by atoms with Gasteiger partial charge in [0.2, 0.25) is 0 Å². The van der Waals surface area contributed by atoms with E-state index in [9.17, 15) is 4.57 Å². The number of nitrogens with two attached hydrogens (primary N) is 1. The second-order valence-electron chi connectivity index (χ2n) is 7.47. The maximum Gasteiger partial charge on any atom is 0.469 e. The molecule has 2 atom stereocenters. The Bertz CT molecular complexity index is 571. The van der Waals surface area contributed by atoms with E-state index >= 15 is 0 Å². The highest BCUT2D eigenvalue weighted by molar-refractivity contribution is 7.46. The monoisotopic (exact) mass is 369 g/mol. The lowest BCUT2D eigenvalue weighted by atomic mass is 9.92. The number of unbranched alkanes of at least 4 members (excludes halogenated alkanes) is 4. The maximum absolute atomic E-state index is 10.9. The number of phosphoric acid groups is 1. The minimum absolute atomic E-state index is 0.0936. The van der Waals surface area contributed by atoms with Gasteiger partial charge in [-0.25, -0.2) is 4.57 Å². The van der Waals surface area contributed by atoms with Gasteiger partial charge in [-0.2, -0.15) is 0 Å². The highest BCUT2D eigenvalue weighted by Crippen LogP contribution is 2.43. The van der Waals surface area contributed by atoms with Crippen molar-refractivity contribution in [1.29, 1.82) is 0 Å². The third kappa shape index (κ3) is 7.20. The first-order chi connectivity index (χ1) is 11.8. The van der Waals surface area contributed by atoms with E-state index in [2.05, 4.69) is 35.7 Å². The largest absolute Gasteiger partial charge is 0.469 e. The van der Waals surface area contributed by atoms with Gasteiger partial charge in [-0.15, -0.1) is 0 Å². The molecule has 0 bridgehead atoms. The molecule has 0 aliphatic heterocycles. The molecule has 1 aliphatic rings. The molecule has 4 N–H and O–H groups in total. The van der Waals surface area contributed by atoms with Gasteiger partial charge in [-0.1, -0.05) is 56.9 Å². The molecular weight excluding hydrogens is 337 g/mol. The lowest BCUT2D eigenvalue weighted by molar-refractivity contribution is 0.153. The Kier molecular flexibility index (Phi) is 7.66. The SMILES string of the molecule is CCCCCCCc1ccc([C@H]2CC[C@](N)(COP(=O)(O)O)C2)cc1. The van der Waals surface area contributed by atoms with Crippen molar-refractivity contribution in [3.05, 3.63) is 35.4 Å². The van der Waals surface area contributed by atoms with Crippen LogP contribution in [0.2, 0.25) is 0 Å². The number of hydrogen-bond acceptors (Lipinski definition) is 3. The zero-order valence-corrected chi connectivity index (χ0v) is 16.1. The molecular formula is C19H32NO4P. The van der Waals surface area contributed by atoms with Crippen LogP contribution in [-0.2, 0) is 15.5 Å². The fourth-order valence-electron chi connectivity index (χ4n) is 3.67. The molecule has 1 saturated carbocycles. The normalized spacial score (nSPS) is 23.9. The summed E-state index contributed by atoms with van der Waals surface area (Å²) < 4.78 is 15.5. The predicted molar refractivity (Wildman–Crippen MR) is 100 cm³/mol. The van der Waals surface area contributed by atoms with Gasteiger partial charge in [0.1, 0.15) is 0 Å².